The van der Waals surface area contributed by atoms with Gasteiger partial charge in [0.05, 0.1) is 24.4 Å². The second-order valence-electron chi connectivity index (χ2n) is 10.4. The van der Waals surface area contributed by atoms with Gasteiger partial charge in [0, 0.05) is 44.6 Å². The molecule has 12 heteroatoms. The molecule has 6 rings (SSSR count). The molecule has 3 aliphatic rings. The van der Waals surface area contributed by atoms with E-state index >= 15 is 0 Å². The van der Waals surface area contributed by atoms with E-state index in [2.05, 4.69) is 20.9 Å². The molecule has 222 valence electrons. The van der Waals surface area contributed by atoms with E-state index in [9.17, 15) is 14.4 Å². The molecule has 4 heterocycles. The Hall–Kier alpha value is -3.96. The first-order chi connectivity index (χ1) is 20.5. The maximum atomic E-state index is 13.3. The van der Waals surface area contributed by atoms with E-state index in [0.717, 1.165) is 12.0 Å². The number of rotatable bonds is 3. The van der Waals surface area contributed by atoms with Gasteiger partial charge in [-0.05, 0) is 43.0 Å². The maximum Gasteiger partial charge on any atom is 0.252 e. The number of nitrogens with zero attached hydrogens (tertiary/aromatic N) is 4. The Kier molecular flexibility index (Phi) is 10.0. The molecular formula is C30H35ClN6O5. The summed E-state index contributed by atoms with van der Waals surface area (Å²) >= 11 is 6.43. The number of hydrogen-bond acceptors (Lipinski definition) is 7. The monoisotopic (exact) mass is 594 g/mol. The number of fused-ring (bicyclic) bond motifs is 14. The molecule has 42 heavy (non-hydrogen) atoms. The third-order valence-corrected chi connectivity index (χ3v) is 7.54. The first-order valence-electron chi connectivity index (χ1n) is 14.3. The quantitative estimate of drug-likeness (QED) is 0.477. The summed E-state index contributed by atoms with van der Waals surface area (Å²) in [5.74, 6) is -0.361. The van der Waals surface area contributed by atoms with Crippen LogP contribution >= 0.6 is 11.6 Å². The van der Waals surface area contributed by atoms with Crippen LogP contribution in [0.4, 0.5) is 0 Å². The van der Waals surface area contributed by atoms with E-state index in [1.807, 2.05) is 36.5 Å². The van der Waals surface area contributed by atoms with Gasteiger partial charge in [0.2, 0.25) is 5.91 Å². The van der Waals surface area contributed by atoms with Gasteiger partial charge in [0.15, 0.2) is 0 Å². The second kappa shape index (κ2) is 14.3. The maximum absolute atomic E-state index is 13.3. The highest BCUT2D eigenvalue weighted by Crippen LogP contribution is 2.26. The molecule has 0 saturated carbocycles. The number of carbonyl (C=O) groups excluding carboxylic acids is 3. The fourth-order valence-electron chi connectivity index (χ4n) is 5.03. The highest BCUT2D eigenvalue weighted by atomic mass is 35.5. The molecule has 0 spiro atoms. The zero-order valence-corrected chi connectivity index (χ0v) is 24.1. The van der Waals surface area contributed by atoms with Crippen LogP contribution in [0.25, 0.3) is 0 Å². The highest BCUT2D eigenvalue weighted by molar-refractivity contribution is 6.32. The first-order valence-corrected chi connectivity index (χ1v) is 14.7. The van der Waals surface area contributed by atoms with Crippen LogP contribution in [-0.4, -0.2) is 76.1 Å². The lowest BCUT2D eigenvalue weighted by Crippen LogP contribution is -2.48. The van der Waals surface area contributed by atoms with Crippen LogP contribution in [0.2, 0.25) is 5.02 Å². The van der Waals surface area contributed by atoms with Gasteiger partial charge in [-0.3, -0.25) is 19.1 Å². The number of amides is 3. The van der Waals surface area contributed by atoms with E-state index < -0.39 is 18.1 Å². The van der Waals surface area contributed by atoms with Gasteiger partial charge in [0.25, 0.3) is 11.8 Å². The van der Waals surface area contributed by atoms with Gasteiger partial charge in [-0.15, -0.1) is 5.10 Å². The lowest BCUT2D eigenvalue weighted by molar-refractivity contribution is -0.141. The Morgan fingerprint density at radius 1 is 1.05 bits per heavy atom. The van der Waals surface area contributed by atoms with Crippen LogP contribution in [0.3, 0.4) is 0 Å². The standard InChI is InChI=1S/C30H35ClN6O5/c31-24-18-22-10-11-26(24)41-16-6-14-37-20-23(34-35-37)19-36(30(40)27-9-4-15-42-27)13-5-12-32-29(39)25(33-28(22)38)17-21-7-2-1-3-8-21/h1-3,7-8,10-11,18,20,25,27H,4-6,9,12-17,19H2,(H,32,39)(H,33,38)/t25-,27-/m0/s1. The van der Waals surface area contributed by atoms with Crippen molar-refractivity contribution in [1.29, 1.82) is 0 Å². The van der Waals surface area contributed by atoms with Gasteiger partial charge < -0.3 is 25.0 Å². The number of ether oxygens (including phenoxy) is 2. The van der Waals surface area contributed by atoms with E-state index in [1.54, 1.807) is 21.7 Å². The van der Waals surface area contributed by atoms with Crippen molar-refractivity contribution in [1.82, 2.24) is 30.5 Å². The van der Waals surface area contributed by atoms with Crippen molar-refractivity contribution in [2.75, 3.05) is 26.3 Å². The zero-order valence-electron chi connectivity index (χ0n) is 23.3. The predicted molar refractivity (Wildman–Crippen MR) is 155 cm³/mol. The highest BCUT2D eigenvalue weighted by Gasteiger charge is 2.29. The van der Waals surface area contributed by atoms with Crippen molar-refractivity contribution in [2.24, 2.45) is 0 Å². The topological polar surface area (TPSA) is 128 Å². The van der Waals surface area contributed by atoms with Crippen LogP contribution < -0.4 is 15.4 Å². The van der Waals surface area contributed by atoms with Crippen molar-refractivity contribution in [3.05, 3.63) is 76.6 Å². The average molecular weight is 595 g/mol. The Morgan fingerprint density at radius 3 is 2.69 bits per heavy atom. The molecule has 1 aromatic heterocycles. The van der Waals surface area contributed by atoms with E-state index in [0.29, 0.717) is 80.6 Å². The summed E-state index contributed by atoms with van der Waals surface area (Å²) in [6.45, 7) is 2.53. The summed E-state index contributed by atoms with van der Waals surface area (Å²) in [6, 6.07) is 13.5. The number of hydrogen-bond donors (Lipinski definition) is 2. The molecule has 4 bridgehead atoms. The second-order valence-corrected chi connectivity index (χ2v) is 10.8. The third-order valence-electron chi connectivity index (χ3n) is 7.25. The minimum Gasteiger partial charge on any atom is -0.492 e. The van der Waals surface area contributed by atoms with Gasteiger partial charge in [-0.2, -0.15) is 0 Å². The molecule has 0 aliphatic carbocycles. The predicted octanol–water partition coefficient (Wildman–Crippen LogP) is 2.77. The summed E-state index contributed by atoms with van der Waals surface area (Å²) in [6.07, 6.45) is 4.37. The Balaban J connectivity index is 1.34. The molecule has 2 aromatic carbocycles. The van der Waals surface area contributed by atoms with Gasteiger partial charge in [-0.1, -0.05) is 47.1 Å². The van der Waals surface area contributed by atoms with Crippen LogP contribution in [0, 0.1) is 0 Å². The zero-order chi connectivity index (χ0) is 29.3. The molecule has 3 amide bonds. The molecule has 2 atom stereocenters. The smallest absolute Gasteiger partial charge is 0.252 e. The number of carbonyl (C=O) groups is 3. The minimum atomic E-state index is -0.816. The van der Waals surface area contributed by atoms with Crippen LogP contribution in [0.5, 0.6) is 5.75 Å². The summed E-state index contributed by atoms with van der Waals surface area (Å²) < 4.78 is 13.2. The van der Waals surface area contributed by atoms with E-state index in [1.165, 1.54) is 6.07 Å². The molecular weight excluding hydrogens is 560 g/mol. The fourth-order valence-corrected chi connectivity index (χ4v) is 5.27. The SMILES string of the molecule is O=C1N[C@@H](Cc2ccccc2)C(=O)NCCCN(C(=O)[C@@H]2CCCO2)Cc2cn(nn2)CCCOc2ccc1cc2Cl. The normalized spacial score (nSPS) is 20.7. The third kappa shape index (κ3) is 7.86. The van der Waals surface area contributed by atoms with Crippen molar-refractivity contribution in [3.8, 4) is 5.75 Å². The van der Waals surface area contributed by atoms with E-state index in [-0.39, 0.29) is 18.4 Å². The van der Waals surface area contributed by atoms with Gasteiger partial charge in [0.1, 0.15) is 23.6 Å². The largest absolute Gasteiger partial charge is 0.492 e. The number of aryl methyl sites for hydroxylation is 1. The summed E-state index contributed by atoms with van der Waals surface area (Å²) in [5.41, 5.74) is 1.90. The molecule has 11 nitrogen and oxygen atoms in total. The summed E-state index contributed by atoms with van der Waals surface area (Å²) in [4.78, 5) is 41.5. The average Bonchev–Trinajstić information content (AvgIpc) is 3.69. The van der Waals surface area contributed by atoms with Crippen LogP contribution in [-0.2, 0) is 33.8 Å². The van der Waals surface area contributed by atoms with Gasteiger partial charge in [-0.25, -0.2) is 0 Å². The van der Waals surface area contributed by atoms with Gasteiger partial charge >= 0.3 is 0 Å². The molecule has 3 aromatic rings. The number of benzene rings is 2. The summed E-state index contributed by atoms with van der Waals surface area (Å²) in [5, 5.41) is 14.6. The van der Waals surface area contributed by atoms with Crippen molar-refractivity contribution < 1.29 is 23.9 Å². The van der Waals surface area contributed by atoms with Crippen molar-refractivity contribution in [2.45, 2.75) is 57.3 Å². The Labute approximate surface area is 249 Å². The van der Waals surface area contributed by atoms with Crippen LogP contribution in [0.1, 0.15) is 47.3 Å². The number of halogens is 1. The Morgan fingerprint density at radius 2 is 1.90 bits per heavy atom. The number of aromatic nitrogens is 3. The van der Waals surface area contributed by atoms with Crippen LogP contribution in [0.15, 0.2) is 54.7 Å². The van der Waals surface area contributed by atoms with Crippen molar-refractivity contribution in [3.63, 3.8) is 0 Å². The Bertz CT molecular complexity index is 1380. The fraction of sp³-hybridized carbons (Fsp3) is 0.433. The number of nitrogens with one attached hydrogen (secondary N) is 2. The van der Waals surface area contributed by atoms with Crippen molar-refractivity contribution >= 4 is 29.3 Å². The lowest BCUT2D eigenvalue weighted by Gasteiger charge is -2.25. The minimum absolute atomic E-state index is 0.0872. The molecule has 1 fully saturated rings. The lowest BCUT2D eigenvalue weighted by atomic mass is 10.0. The molecule has 2 N–H and O–H groups in total. The molecule has 0 unspecified atom stereocenters. The molecule has 0 radical (unpaired) electrons. The molecule has 3 aliphatic heterocycles. The first kappa shape index (κ1) is 29.5. The summed E-state index contributed by atoms with van der Waals surface area (Å²) in [7, 11) is 0. The molecule has 1 saturated heterocycles. The van der Waals surface area contributed by atoms with E-state index in [4.69, 9.17) is 21.1 Å².